The van der Waals surface area contributed by atoms with Gasteiger partial charge in [0.05, 0.1) is 6.61 Å². The minimum Gasteiger partial charge on any atom is -0.346 e. The first-order chi connectivity index (χ1) is 5.85. The summed E-state index contributed by atoms with van der Waals surface area (Å²) in [4.78, 5) is 0. The van der Waals surface area contributed by atoms with Gasteiger partial charge in [-0.05, 0) is 12.8 Å². The van der Waals surface area contributed by atoms with Crippen LogP contribution in [0.2, 0.25) is 0 Å². The molecule has 2 nitrogen and oxygen atoms in total. The van der Waals surface area contributed by atoms with E-state index in [0.29, 0.717) is 6.61 Å². The molecule has 0 unspecified atom stereocenters. The van der Waals surface area contributed by atoms with Crippen LogP contribution in [-0.4, -0.2) is 18.5 Å². The van der Waals surface area contributed by atoms with E-state index < -0.39 is 0 Å². The van der Waals surface area contributed by atoms with E-state index in [1.54, 1.807) is 0 Å². The first-order valence-electron chi connectivity index (χ1n) is 4.63. The van der Waals surface area contributed by atoms with Gasteiger partial charge in [0.25, 0.3) is 0 Å². The number of ether oxygens (including phenoxy) is 2. The Labute approximate surface area is 73.2 Å². The number of hydrogen-bond acceptors (Lipinski definition) is 2. The summed E-state index contributed by atoms with van der Waals surface area (Å²) in [5, 5.41) is 0. The maximum Gasteiger partial charge on any atom is 0.170 e. The van der Waals surface area contributed by atoms with Gasteiger partial charge in [-0.2, -0.15) is 0 Å². The molecule has 2 heteroatoms. The van der Waals surface area contributed by atoms with E-state index in [1.807, 2.05) is 0 Å². The van der Waals surface area contributed by atoms with Crippen molar-refractivity contribution in [1.29, 1.82) is 0 Å². The van der Waals surface area contributed by atoms with E-state index in [0.717, 1.165) is 12.8 Å². The fourth-order valence-electron chi connectivity index (χ4n) is 1.99. The molecule has 1 saturated heterocycles. The third kappa shape index (κ3) is 1.35. The van der Waals surface area contributed by atoms with Crippen LogP contribution in [0, 0.1) is 12.3 Å². The normalized spacial score (nSPS) is 33.4. The summed E-state index contributed by atoms with van der Waals surface area (Å²) >= 11 is 0. The minimum atomic E-state index is -0.296. The maximum absolute atomic E-state index is 5.68. The van der Waals surface area contributed by atoms with Crippen LogP contribution in [-0.2, 0) is 9.47 Å². The van der Waals surface area contributed by atoms with Gasteiger partial charge in [-0.25, -0.2) is 0 Å². The second-order valence-electron chi connectivity index (χ2n) is 3.56. The molecule has 0 radical (unpaired) electrons. The Morgan fingerprint density at radius 1 is 1.25 bits per heavy atom. The molecule has 0 N–H and O–H groups in total. The van der Waals surface area contributed by atoms with E-state index in [-0.39, 0.29) is 11.9 Å². The molecule has 1 heterocycles. The second kappa shape index (κ2) is 3.08. The molecular weight excluding hydrogens is 152 g/mol. The first-order valence-corrected chi connectivity index (χ1v) is 4.63. The Morgan fingerprint density at radius 2 is 2.00 bits per heavy atom. The van der Waals surface area contributed by atoms with Crippen molar-refractivity contribution in [3.8, 4) is 12.3 Å². The topological polar surface area (TPSA) is 18.5 Å². The molecule has 2 aliphatic rings. The molecule has 2 fully saturated rings. The molecule has 1 aliphatic heterocycles. The molecule has 0 aromatic carbocycles. The fourth-order valence-corrected chi connectivity index (χ4v) is 1.99. The van der Waals surface area contributed by atoms with Crippen molar-refractivity contribution in [2.24, 2.45) is 0 Å². The summed E-state index contributed by atoms with van der Waals surface area (Å²) < 4.78 is 11.3. The predicted molar refractivity (Wildman–Crippen MR) is 45.5 cm³/mol. The molecule has 0 bridgehead atoms. The molecule has 0 aromatic heterocycles. The van der Waals surface area contributed by atoms with E-state index in [1.165, 1.54) is 19.3 Å². The summed E-state index contributed by atoms with van der Waals surface area (Å²) in [6, 6.07) is 0. The van der Waals surface area contributed by atoms with Gasteiger partial charge in [0.2, 0.25) is 0 Å². The molecule has 1 atom stereocenters. The highest BCUT2D eigenvalue weighted by Crippen LogP contribution is 2.37. The molecule has 1 spiro atoms. The quantitative estimate of drug-likeness (QED) is 0.510. The molecule has 12 heavy (non-hydrogen) atoms. The van der Waals surface area contributed by atoms with Crippen LogP contribution in [0.3, 0.4) is 0 Å². The molecule has 2 rings (SSSR count). The number of terminal acetylenes is 1. The van der Waals surface area contributed by atoms with Gasteiger partial charge < -0.3 is 9.47 Å². The van der Waals surface area contributed by atoms with E-state index in [9.17, 15) is 0 Å². The summed E-state index contributed by atoms with van der Waals surface area (Å²) in [5.41, 5.74) is 0. The molecule has 0 aromatic rings. The van der Waals surface area contributed by atoms with Crippen LogP contribution in [0.15, 0.2) is 0 Å². The van der Waals surface area contributed by atoms with Crippen molar-refractivity contribution < 1.29 is 9.47 Å². The van der Waals surface area contributed by atoms with Crippen molar-refractivity contribution in [3.05, 3.63) is 0 Å². The van der Waals surface area contributed by atoms with Gasteiger partial charge >= 0.3 is 0 Å². The molecule has 66 valence electrons. The van der Waals surface area contributed by atoms with E-state index >= 15 is 0 Å². The lowest BCUT2D eigenvalue weighted by Gasteiger charge is -2.31. The molecule has 1 aliphatic carbocycles. The van der Waals surface area contributed by atoms with Crippen molar-refractivity contribution in [2.45, 2.75) is 44.0 Å². The Kier molecular flexibility index (Phi) is 2.08. The van der Waals surface area contributed by atoms with Crippen molar-refractivity contribution in [3.63, 3.8) is 0 Å². The Morgan fingerprint density at radius 3 is 2.58 bits per heavy atom. The average Bonchev–Trinajstić information content (AvgIpc) is 2.50. The Bertz CT molecular complexity index is 198. The van der Waals surface area contributed by atoms with Crippen LogP contribution < -0.4 is 0 Å². The summed E-state index contributed by atoms with van der Waals surface area (Å²) in [6.07, 6.45) is 10.9. The van der Waals surface area contributed by atoms with Gasteiger partial charge in [-0.1, -0.05) is 12.3 Å². The lowest BCUT2D eigenvalue weighted by Crippen LogP contribution is -2.33. The zero-order chi connectivity index (χ0) is 8.44. The standard InChI is InChI=1S/C10H14O2/c1-2-9-8-11-10(12-9)6-4-3-5-7-10/h1,9H,3-8H2/t9-/m1/s1. The average molecular weight is 166 g/mol. The van der Waals surface area contributed by atoms with Crippen molar-refractivity contribution >= 4 is 0 Å². The van der Waals surface area contributed by atoms with Crippen LogP contribution in [0.4, 0.5) is 0 Å². The molecule has 0 amide bonds. The van der Waals surface area contributed by atoms with Gasteiger partial charge in [-0.3, -0.25) is 0 Å². The molecule has 1 saturated carbocycles. The van der Waals surface area contributed by atoms with Gasteiger partial charge in [0, 0.05) is 12.8 Å². The maximum atomic E-state index is 5.68. The van der Waals surface area contributed by atoms with Gasteiger partial charge in [0.15, 0.2) is 5.79 Å². The predicted octanol–water partition coefficient (Wildman–Crippen LogP) is 1.70. The second-order valence-corrected chi connectivity index (χ2v) is 3.56. The van der Waals surface area contributed by atoms with Crippen LogP contribution in [0.1, 0.15) is 32.1 Å². The van der Waals surface area contributed by atoms with Crippen molar-refractivity contribution in [1.82, 2.24) is 0 Å². The van der Waals surface area contributed by atoms with E-state index in [2.05, 4.69) is 5.92 Å². The van der Waals surface area contributed by atoms with Crippen molar-refractivity contribution in [2.75, 3.05) is 6.61 Å². The first kappa shape index (κ1) is 8.10. The smallest absolute Gasteiger partial charge is 0.170 e. The lowest BCUT2D eigenvalue weighted by molar-refractivity contribution is -0.182. The monoisotopic (exact) mass is 166 g/mol. The number of hydrogen-bond donors (Lipinski definition) is 0. The fraction of sp³-hybridized carbons (Fsp3) is 0.800. The zero-order valence-electron chi connectivity index (χ0n) is 7.21. The van der Waals surface area contributed by atoms with Gasteiger partial charge in [-0.15, -0.1) is 6.42 Å². The number of rotatable bonds is 0. The lowest BCUT2D eigenvalue weighted by atomic mass is 9.94. The highest BCUT2D eigenvalue weighted by Gasteiger charge is 2.41. The minimum absolute atomic E-state index is 0.108. The summed E-state index contributed by atoms with van der Waals surface area (Å²) in [7, 11) is 0. The van der Waals surface area contributed by atoms with Crippen LogP contribution in [0.25, 0.3) is 0 Å². The zero-order valence-corrected chi connectivity index (χ0v) is 7.21. The SMILES string of the molecule is C#C[C@@H]1COC2(CCCCC2)O1. The highest BCUT2D eigenvalue weighted by atomic mass is 16.7. The third-order valence-corrected chi connectivity index (χ3v) is 2.66. The molecular formula is C10H14O2. The van der Waals surface area contributed by atoms with E-state index in [4.69, 9.17) is 15.9 Å². The van der Waals surface area contributed by atoms with Crippen LogP contribution in [0.5, 0.6) is 0 Å². The Hall–Kier alpha value is -0.520. The summed E-state index contributed by atoms with van der Waals surface area (Å²) in [6.45, 7) is 0.580. The van der Waals surface area contributed by atoms with Crippen LogP contribution >= 0.6 is 0 Å². The van der Waals surface area contributed by atoms with Gasteiger partial charge in [0.1, 0.15) is 6.10 Å². The third-order valence-electron chi connectivity index (χ3n) is 2.66. The summed E-state index contributed by atoms with van der Waals surface area (Å²) in [5.74, 6) is 2.29. The largest absolute Gasteiger partial charge is 0.346 e. The highest BCUT2D eigenvalue weighted by molar-refractivity contribution is 4.99. The Balaban J connectivity index is 1.99.